The summed E-state index contributed by atoms with van der Waals surface area (Å²) < 4.78 is 1.72. The molecule has 5 rings (SSSR count). The summed E-state index contributed by atoms with van der Waals surface area (Å²) in [6.07, 6.45) is 3.24. The maximum atomic E-state index is 13.5. The molecule has 1 aliphatic rings. The molecule has 2 aromatic carbocycles. The number of carbonyl (C=O) groups excluding carboxylic acids is 1. The highest BCUT2D eigenvalue weighted by Gasteiger charge is 2.34. The maximum Gasteiger partial charge on any atom is 0.255 e. The molecular weight excluding hydrogens is 452 g/mol. The zero-order valence-electron chi connectivity index (χ0n) is 20.1. The van der Waals surface area contributed by atoms with Crippen molar-refractivity contribution in [1.82, 2.24) is 19.7 Å². The van der Waals surface area contributed by atoms with Crippen molar-refractivity contribution in [2.24, 2.45) is 0 Å². The Morgan fingerprint density at radius 1 is 1.11 bits per heavy atom. The molecule has 2 aromatic heterocycles. The number of benzene rings is 2. The van der Waals surface area contributed by atoms with Crippen molar-refractivity contribution in [3.8, 4) is 17.5 Å². The van der Waals surface area contributed by atoms with E-state index < -0.39 is 6.04 Å². The Kier molecular flexibility index (Phi) is 5.92. The number of amides is 1. The number of pyridine rings is 1. The molecule has 1 amide bonds. The molecule has 0 aliphatic carbocycles. The van der Waals surface area contributed by atoms with Crippen LogP contribution < -0.4 is 15.5 Å². The Morgan fingerprint density at radius 2 is 1.86 bits per heavy atom. The monoisotopic (exact) mass is 476 g/mol. The molecule has 3 heterocycles. The topological polar surface area (TPSA) is 112 Å². The average molecular weight is 477 g/mol. The van der Waals surface area contributed by atoms with Gasteiger partial charge in [-0.2, -0.15) is 10.2 Å². The Balaban J connectivity index is 1.58. The molecule has 2 N–H and O–H groups in total. The van der Waals surface area contributed by atoms with Crippen LogP contribution >= 0.6 is 0 Å². The molecule has 0 bridgehead atoms. The number of fused-ring (bicyclic) bond motifs is 1. The molecule has 1 aliphatic heterocycles. The van der Waals surface area contributed by atoms with Crippen molar-refractivity contribution >= 4 is 23.2 Å². The van der Waals surface area contributed by atoms with Crippen LogP contribution in [0.4, 0.5) is 17.3 Å². The lowest BCUT2D eigenvalue weighted by Crippen LogP contribution is -2.31. The minimum Gasteiger partial charge on any atom is -0.378 e. The third kappa shape index (κ3) is 4.28. The molecule has 0 spiro atoms. The third-order valence-electron chi connectivity index (χ3n) is 6.01. The van der Waals surface area contributed by atoms with E-state index in [1.165, 1.54) is 0 Å². The van der Waals surface area contributed by atoms with Gasteiger partial charge in [-0.25, -0.2) is 4.68 Å². The van der Waals surface area contributed by atoms with Crippen LogP contribution in [0.1, 0.15) is 24.1 Å². The standard InChI is InChI=1S/C27H24N8O/c1-17-23(26(36)31-21-5-4-14-29-16-21)24(19-8-6-18(15-28)7-9-19)35-27(30-17)32-25(33-35)20-10-12-22(13-11-20)34(2)3/h4-14,16,24H,1-3H3,(H,31,36)(H,30,32,33). The summed E-state index contributed by atoms with van der Waals surface area (Å²) >= 11 is 0. The number of anilines is 3. The summed E-state index contributed by atoms with van der Waals surface area (Å²) in [5.41, 5.74) is 5.04. The first-order valence-electron chi connectivity index (χ1n) is 11.4. The van der Waals surface area contributed by atoms with Crippen molar-refractivity contribution in [3.05, 3.63) is 95.5 Å². The van der Waals surface area contributed by atoms with Gasteiger partial charge in [-0.15, -0.1) is 5.10 Å². The van der Waals surface area contributed by atoms with Crippen molar-refractivity contribution < 1.29 is 4.79 Å². The van der Waals surface area contributed by atoms with Crippen LogP contribution in [0.5, 0.6) is 0 Å². The number of nitrogens with one attached hydrogen (secondary N) is 2. The van der Waals surface area contributed by atoms with Gasteiger partial charge in [0.1, 0.15) is 6.04 Å². The minimum absolute atomic E-state index is 0.277. The van der Waals surface area contributed by atoms with Gasteiger partial charge < -0.3 is 15.5 Å². The van der Waals surface area contributed by atoms with E-state index in [0.29, 0.717) is 34.3 Å². The SMILES string of the molecule is CC1=C(C(=O)Nc2cccnc2)C(c2ccc(C#N)cc2)n2nc(-c3ccc(N(C)C)cc3)nc2N1. The fourth-order valence-corrected chi connectivity index (χ4v) is 4.16. The van der Waals surface area contributed by atoms with Crippen LogP contribution in [0.2, 0.25) is 0 Å². The number of nitriles is 1. The highest BCUT2D eigenvalue weighted by Crippen LogP contribution is 2.37. The second-order valence-corrected chi connectivity index (χ2v) is 8.64. The van der Waals surface area contributed by atoms with Crippen molar-refractivity contribution in [1.29, 1.82) is 5.26 Å². The maximum absolute atomic E-state index is 13.5. The lowest BCUT2D eigenvalue weighted by atomic mass is 9.94. The summed E-state index contributed by atoms with van der Waals surface area (Å²) in [5.74, 6) is 0.801. The summed E-state index contributed by atoms with van der Waals surface area (Å²) in [6, 6.07) is 20.3. The molecule has 9 heteroatoms. The van der Waals surface area contributed by atoms with Gasteiger partial charge in [0.05, 0.1) is 29.1 Å². The van der Waals surface area contributed by atoms with Crippen LogP contribution in [0.25, 0.3) is 11.4 Å². The Morgan fingerprint density at radius 3 is 2.50 bits per heavy atom. The molecule has 0 fully saturated rings. The first kappa shape index (κ1) is 22.8. The van der Waals surface area contributed by atoms with Gasteiger partial charge in [0.15, 0.2) is 5.82 Å². The number of hydrogen-bond acceptors (Lipinski definition) is 7. The van der Waals surface area contributed by atoms with Gasteiger partial charge in [0, 0.05) is 37.2 Å². The van der Waals surface area contributed by atoms with Gasteiger partial charge in [-0.3, -0.25) is 9.78 Å². The summed E-state index contributed by atoms with van der Waals surface area (Å²) in [5, 5.41) is 20.2. The molecular formula is C27H24N8O. The van der Waals surface area contributed by atoms with E-state index in [9.17, 15) is 10.1 Å². The predicted molar refractivity (Wildman–Crippen MR) is 138 cm³/mol. The molecule has 0 saturated heterocycles. The molecule has 1 unspecified atom stereocenters. The van der Waals surface area contributed by atoms with Gasteiger partial charge in [0.25, 0.3) is 5.91 Å². The normalized spacial score (nSPS) is 14.4. The van der Waals surface area contributed by atoms with Crippen LogP contribution in [0.15, 0.2) is 84.3 Å². The quantitative estimate of drug-likeness (QED) is 0.444. The van der Waals surface area contributed by atoms with Crippen LogP contribution in [0, 0.1) is 11.3 Å². The number of nitrogens with zero attached hydrogens (tertiary/aromatic N) is 6. The molecule has 36 heavy (non-hydrogen) atoms. The Labute approximate surface area is 208 Å². The summed E-state index contributed by atoms with van der Waals surface area (Å²) in [7, 11) is 3.97. The lowest BCUT2D eigenvalue weighted by molar-refractivity contribution is -0.113. The largest absolute Gasteiger partial charge is 0.378 e. The number of aromatic nitrogens is 4. The summed E-state index contributed by atoms with van der Waals surface area (Å²) in [4.78, 5) is 24.4. The second-order valence-electron chi connectivity index (χ2n) is 8.64. The summed E-state index contributed by atoms with van der Waals surface area (Å²) in [6.45, 7) is 1.85. The molecule has 4 aromatic rings. The van der Waals surface area contributed by atoms with Gasteiger partial charge in [0.2, 0.25) is 5.95 Å². The second kappa shape index (κ2) is 9.35. The minimum atomic E-state index is -0.548. The number of hydrogen-bond donors (Lipinski definition) is 2. The van der Waals surface area contributed by atoms with E-state index in [2.05, 4.69) is 21.7 Å². The first-order valence-corrected chi connectivity index (χ1v) is 11.4. The van der Waals surface area contributed by atoms with E-state index in [1.807, 2.05) is 62.3 Å². The fourth-order valence-electron chi connectivity index (χ4n) is 4.16. The van der Waals surface area contributed by atoms with Gasteiger partial charge in [-0.1, -0.05) is 12.1 Å². The number of carbonyl (C=O) groups is 1. The van der Waals surface area contributed by atoms with E-state index in [0.717, 1.165) is 16.8 Å². The van der Waals surface area contributed by atoms with Gasteiger partial charge in [-0.05, 0) is 61.0 Å². The van der Waals surface area contributed by atoms with Crippen LogP contribution in [0.3, 0.4) is 0 Å². The van der Waals surface area contributed by atoms with E-state index in [1.54, 1.807) is 41.3 Å². The van der Waals surface area contributed by atoms with E-state index in [-0.39, 0.29) is 5.91 Å². The number of allylic oxidation sites excluding steroid dienone is 1. The average Bonchev–Trinajstić information content (AvgIpc) is 3.32. The van der Waals surface area contributed by atoms with Gasteiger partial charge >= 0.3 is 0 Å². The molecule has 178 valence electrons. The van der Waals surface area contributed by atoms with Crippen LogP contribution in [-0.2, 0) is 4.79 Å². The number of rotatable bonds is 5. The van der Waals surface area contributed by atoms with E-state index in [4.69, 9.17) is 10.1 Å². The molecule has 0 radical (unpaired) electrons. The third-order valence-corrected chi connectivity index (χ3v) is 6.01. The zero-order chi connectivity index (χ0) is 25.2. The first-order chi connectivity index (χ1) is 17.4. The van der Waals surface area contributed by atoms with Crippen LogP contribution in [-0.4, -0.2) is 39.8 Å². The highest BCUT2D eigenvalue weighted by molar-refractivity contribution is 6.06. The fraction of sp³-hybridized carbons (Fsp3) is 0.148. The molecule has 1 atom stereocenters. The van der Waals surface area contributed by atoms with Crippen molar-refractivity contribution in [2.45, 2.75) is 13.0 Å². The van der Waals surface area contributed by atoms with Crippen molar-refractivity contribution in [3.63, 3.8) is 0 Å². The zero-order valence-corrected chi connectivity index (χ0v) is 20.1. The predicted octanol–water partition coefficient (Wildman–Crippen LogP) is 4.21. The van der Waals surface area contributed by atoms with E-state index >= 15 is 0 Å². The Bertz CT molecular complexity index is 1480. The lowest BCUT2D eigenvalue weighted by Gasteiger charge is -2.28. The smallest absolute Gasteiger partial charge is 0.255 e. The molecule has 9 nitrogen and oxygen atoms in total. The molecule has 0 saturated carbocycles. The highest BCUT2D eigenvalue weighted by atomic mass is 16.1. The Hall–Kier alpha value is -4.97. The van der Waals surface area contributed by atoms with Crippen molar-refractivity contribution in [2.75, 3.05) is 29.6 Å².